The first kappa shape index (κ1) is 26.5. The predicted molar refractivity (Wildman–Crippen MR) is 152 cm³/mol. The minimum absolute atomic E-state index is 0.247. The number of nitrogens with two attached hydrogens (primary N) is 1. The van der Waals surface area contributed by atoms with Gasteiger partial charge in [-0.3, -0.25) is 19.3 Å². The van der Waals surface area contributed by atoms with Crippen LogP contribution < -0.4 is 21.7 Å². The summed E-state index contributed by atoms with van der Waals surface area (Å²) in [6, 6.07) is 12.5. The van der Waals surface area contributed by atoms with Gasteiger partial charge in [-0.2, -0.15) is 5.10 Å². The second-order valence-corrected chi connectivity index (χ2v) is 8.55. The molecule has 2 amide bonds. The average Bonchev–Trinajstić information content (AvgIpc) is 3.53. The zero-order valence-corrected chi connectivity index (χ0v) is 21.6. The van der Waals surface area contributed by atoms with Gasteiger partial charge in [0.15, 0.2) is 5.82 Å². The van der Waals surface area contributed by atoms with Crippen molar-refractivity contribution in [2.24, 2.45) is 17.8 Å². The van der Waals surface area contributed by atoms with Gasteiger partial charge >= 0.3 is 0 Å². The summed E-state index contributed by atoms with van der Waals surface area (Å²) in [7, 11) is 3.29. The molecule has 39 heavy (non-hydrogen) atoms. The molecule has 0 atom stereocenters. The topological polar surface area (TPSA) is 168 Å². The van der Waals surface area contributed by atoms with E-state index in [9.17, 15) is 9.59 Å². The first-order valence-corrected chi connectivity index (χ1v) is 11.8. The van der Waals surface area contributed by atoms with Gasteiger partial charge < -0.3 is 27.1 Å². The van der Waals surface area contributed by atoms with Crippen LogP contribution in [0.1, 0.15) is 21.5 Å². The van der Waals surface area contributed by atoms with Gasteiger partial charge in [-0.15, -0.1) is 5.10 Å². The van der Waals surface area contributed by atoms with E-state index < -0.39 is 0 Å². The fourth-order valence-electron chi connectivity index (χ4n) is 3.71. The van der Waals surface area contributed by atoms with Crippen LogP contribution in [-0.4, -0.2) is 50.9 Å². The number of hydrogen-bond acceptors (Lipinski definition) is 8. The van der Waals surface area contributed by atoms with E-state index in [2.05, 4.69) is 31.1 Å². The third-order valence-corrected chi connectivity index (χ3v) is 5.66. The molecule has 0 radical (unpaired) electrons. The van der Waals surface area contributed by atoms with Crippen molar-refractivity contribution in [1.82, 2.24) is 19.6 Å². The lowest BCUT2D eigenvalue weighted by atomic mass is 10.1. The van der Waals surface area contributed by atoms with Crippen LogP contribution >= 0.6 is 0 Å². The van der Waals surface area contributed by atoms with Gasteiger partial charge in [-0.1, -0.05) is 6.07 Å². The third-order valence-electron chi connectivity index (χ3n) is 5.66. The maximum atomic E-state index is 12.5. The molecule has 12 nitrogen and oxygen atoms in total. The van der Waals surface area contributed by atoms with Crippen molar-refractivity contribution in [3.8, 4) is 5.69 Å². The zero-order chi connectivity index (χ0) is 27.9. The Morgan fingerprint density at radius 1 is 1.10 bits per heavy atom. The normalized spacial score (nSPS) is 11.4. The summed E-state index contributed by atoms with van der Waals surface area (Å²) in [4.78, 5) is 28.8. The Kier molecular flexibility index (Phi) is 7.95. The van der Waals surface area contributed by atoms with Gasteiger partial charge in [0.05, 0.1) is 23.0 Å². The van der Waals surface area contributed by atoms with Gasteiger partial charge in [0.2, 0.25) is 0 Å². The van der Waals surface area contributed by atoms with Crippen molar-refractivity contribution < 1.29 is 9.59 Å². The lowest BCUT2D eigenvalue weighted by Crippen LogP contribution is -2.16. The summed E-state index contributed by atoms with van der Waals surface area (Å²) in [6.45, 7) is 1.92. The Morgan fingerprint density at radius 3 is 2.62 bits per heavy atom. The van der Waals surface area contributed by atoms with E-state index in [1.807, 2.05) is 25.3 Å². The van der Waals surface area contributed by atoms with Crippen LogP contribution in [-0.2, 0) is 11.8 Å². The molecule has 2 aromatic heterocycles. The number of nitrogens with zero attached hydrogens (tertiary/aromatic N) is 5. The van der Waals surface area contributed by atoms with E-state index in [1.54, 1.807) is 60.0 Å². The number of aromatic nitrogens is 4. The van der Waals surface area contributed by atoms with Crippen LogP contribution in [0.25, 0.3) is 5.69 Å². The third kappa shape index (κ3) is 6.25. The number of benzene rings is 2. The Hall–Kier alpha value is -5.52. The number of anilines is 4. The molecular formula is C27H28N10O2. The molecule has 2 aromatic carbocycles. The zero-order valence-electron chi connectivity index (χ0n) is 21.6. The van der Waals surface area contributed by atoms with Gasteiger partial charge in [0.25, 0.3) is 11.8 Å². The largest absolute Gasteiger partial charge is 0.404 e. The predicted octanol–water partition coefficient (Wildman–Crippen LogP) is 3.39. The molecule has 0 aliphatic rings. The first-order chi connectivity index (χ1) is 18.8. The van der Waals surface area contributed by atoms with Crippen molar-refractivity contribution >= 4 is 47.1 Å². The second-order valence-electron chi connectivity index (χ2n) is 8.55. The summed E-state index contributed by atoms with van der Waals surface area (Å²) in [5.41, 5.74) is 10.1. The van der Waals surface area contributed by atoms with Crippen molar-refractivity contribution in [2.45, 2.75) is 6.92 Å². The fourth-order valence-corrected chi connectivity index (χ4v) is 3.71. The molecular weight excluding hydrogens is 496 g/mol. The number of nitrogens with one attached hydrogen (secondary N) is 4. The smallest absolute Gasteiger partial charge is 0.258 e. The highest BCUT2D eigenvalue weighted by molar-refractivity contribution is 6.17. The van der Waals surface area contributed by atoms with Crippen LogP contribution in [0.2, 0.25) is 0 Å². The summed E-state index contributed by atoms with van der Waals surface area (Å²) in [5.74, 6) is -0.0740. The Bertz CT molecular complexity index is 1600. The number of aliphatic imine (C=N–C) groups is 1. The molecule has 0 aliphatic heterocycles. The Morgan fingerprint density at radius 2 is 1.92 bits per heavy atom. The highest BCUT2D eigenvalue weighted by Crippen LogP contribution is 2.25. The second kappa shape index (κ2) is 11.7. The lowest BCUT2D eigenvalue weighted by molar-refractivity contribution is -0.112. The van der Waals surface area contributed by atoms with Gasteiger partial charge in [-0.25, -0.2) is 4.68 Å². The van der Waals surface area contributed by atoms with E-state index in [-0.39, 0.29) is 17.4 Å². The summed E-state index contributed by atoms with van der Waals surface area (Å²) in [5, 5.41) is 25.4. The highest BCUT2D eigenvalue weighted by Gasteiger charge is 2.13. The minimum Gasteiger partial charge on any atom is -0.404 e. The molecule has 2 heterocycles. The van der Waals surface area contributed by atoms with Crippen LogP contribution in [0.4, 0.5) is 22.9 Å². The molecule has 12 heteroatoms. The van der Waals surface area contributed by atoms with Gasteiger partial charge in [0, 0.05) is 73.3 Å². The van der Waals surface area contributed by atoms with Gasteiger partial charge in [0.1, 0.15) is 0 Å². The van der Waals surface area contributed by atoms with Crippen molar-refractivity contribution in [2.75, 3.05) is 23.0 Å². The maximum Gasteiger partial charge on any atom is 0.258 e. The molecule has 0 aliphatic carbocycles. The van der Waals surface area contributed by atoms with E-state index in [1.165, 1.54) is 24.8 Å². The molecule has 4 aromatic rings. The Balaban J connectivity index is 1.50. The molecule has 0 saturated carbocycles. The molecule has 4 rings (SSSR count). The highest BCUT2D eigenvalue weighted by atomic mass is 16.2. The molecule has 198 valence electrons. The van der Waals surface area contributed by atoms with Crippen LogP contribution in [0.5, 0.6) is 0 Å². The number of aryl methyl sites for hydroxylation is 2. The molecule has 0 bridgehead atoms. The quantitative estimate of drug-likeness (QED) is 0.166. The number of hydrogen-bond donors (Lipinski definition) is 5. The molecule has 0 saturated heterocycles. The lowest BCUT2D eigenvalue weighted by Gasteiger charge is -2.11. The maximum absolute atomic E-state index is 12.5. The number of rotatable bonds is 9. The number of amides is 2. The fraction of sp³-hybridized carbons (Fsp3) is 0.111. The van der Waals surface area contributed by atoms with Gasteiger partial charge in [-0.05, 0) is 43.3 Å². The molecule has 0 unspecified atom stereocenters. The molecule has 6 N–H and O–H groups in total. The van der Waals surface area contributed by atoms with Crippen molar-refractivity contribution in [3.63, 3.8) is 0 Å². The Labute approximate surface area is 224 Å². The monoisotopic (exact) mass is 524 g/mol. The number of carbonyl (C=O) groups excluding carboxylic acids is 2. The van der Waals surface area contributed by atoms with E-state index in [0.29, 0.717) is 34.0 Å². The molecule has 0 spiro atoms. The standard InChI is InChI=1S/C27H28N10O2/c1-17-15-37(23-6-4-5-21(10-23)33-26(38)19(12-29)13-30-2)35-25(17)32-22-7-8-24(18(9-22)11-28)34-27(39)20-14-31-36(3)16-20/h4-16,28H,29H2,1-3H3,(H,32,35)(H,33,38)(H,34,39). The van der Waals surface area contributed by atoms with Crippen LogP contribution in [0, 0.1) is 12.3 Å². The average molecular weight is 525 g/mol. The summed E-state index contributed by atoms with van der Waals surface area (Å²) in [6.07, 6.45) is 8.72. The summed E-state index contributed by atoms with van der Waals surface area (Å²) >= 11 is 0. The van der Waals surface area contributed by atoms with Crippen LogP contribution in [0.3, 0.4) is 0 Å². The van der Waals surface area contributed by atoms with Crippen LogP contribution in [0.15, 0.2) is 77.8 Å². The van der Waals surface area contributed by atoms with Crippen molar-refractivity contribution in [1.29, 1.82) is 5.41 Å². The first-order valence-electron chi connectivity index (χ1n) is 11.8. The minimum atomic E-state index is -0.374. The van der Waals surface area contributed by atoms with Crippen molar-refractivity contribution in [3.05, 3.63) is 89.5 Å². The SMILES string of the molecule is CN=CC(=CN)C(=O)Nc1cccc(-n2cc(C)c(Nc3ccc(NC(=O)c4cnn(C)c4)c(C=N)c3)n2)c1. The van der Waals surface area contributed by atoms with E-state index >= 15 is 0 Å². The summed E-state index contributed by atoms with van der Waals surface area (Å²) < 4.78 is 3.24. The van der Waals surface area contributed by atoms with E-state index in [0.717, 1.165) is 11.3 Å². The van der Waals surface area contributed by atoms with E-state index in [4.69, 9.17) is 11.1 Å². The number of carbonyl (C=O) groups is 2. The molecule has 0 fully saturated rings.